The second-order valence-electron chi connectivity index (χ2n) is 4.16. The molecule has 2 saturated heterocycles. The maximum Gasteiger partial charge on any atom is 0.239 e. The van der Waals surface area contributed by atoms with Crippen LogP contribution in [0.4, 0.5) is 0 Å². The lowest BCUT2D eigenvalue weighted by molar-refractivity contribution is -0.133. The quantitative estimate of drug-likeness (QED) is 0.693. The summed E-state index contributed by atoms with van der Waals surface area (Å²) in [4.78, 5) is 13.8. The van der Waals surface area contributed by atoms with Gasteiger partial charge in [-0.2, -0.15) is 0 Å². The first-order valence-electron chi connectivity index (χ1n) is 5.40. The molecule has 0 aromatic carbocycles. The van der Waals surface area contributed by atoms with Crippen LogP contribution in [0.1, 0.15) is 19.8 Å². The van der Waals surface area contributed by atoms with Crippen LogP contribution in [0.25, 0.3) is 0 Å². The Labute approximate surface area is 84.6 Å². The molecule has 0 bridgehead atoms. The zero-order chi connectivity index (χ0) is 9.97. The number of amides is 1. The Morgan fingerprint density at radius 3 is 2.57 bits per heavy atom. The molecule has 4 heteroatoms. The largest absolute Gasteiger partial charge is 0.378 e. The zero-order valence-electron chi connectivity index (χ0n) is 8.66. The Morgan fingerprint density at radius 2 is 2.07 bits per heavy atom. The number of hydrogen-bond donors (Lipinski definition) is 1. The molecule has 2 aliphatic rings. The Bertz CT molecular complexity index is 210. The van der Waals surface area contributed by atoms with E-state index in [0.29, 0.717) is 6.04 Å². The lowest BCUT2D eigenvalue weighted by Gasteiger charge is -2.31. The van der Waals surface area contributed by atoms with Crippen LogP contribution in [0.15, 0.2) is 0 Å². The zero-order valence-corrected chi connectivity index (χ0v) is 8.66. The van der Waals surface area contributed by atoms with Crippen molar-refractivity contribution in [3.63, 3.8) is 0 Å². The normalized spacial score (nSPS) is 24.8. The van der Waals surface area contributed by atoms with Gasteiger partial charge in [0.2, 0.25) is 5.91 Å². The summed E-state index contributed by atoms with van der Waals surface area (Å²) in [7, 11) is 0. The van der Waals surface area contributed by atoms with Crippen LogP contribution in [0, 0.1) is 0 Å². The SMILES string of the molecule is CC(NC1COC1)C(=O)N1CCCC1. The highest BCUT2D eigenvalue weighted by atomic mass is 16.5. The highest BCUT2D eigenvalue weighted by molar-refractivity contribution is 5.81. The van der Waals surface area contributed by atoms with Crippen molar-refractivity contribution < 1.29 is 9.53 Å². The van der Waals surface area contributed by atoms with Gasteiger partial charge >= 0.3 is 0 Å². The van der Waals surface area contributed by atoms with E-state index in [1.54, 1.807) is 0 Å². The molecule has 1 unspecified atom stereocenters. The van der Waals surface area contributed by atoms with E-state index in [1.165, 1.54) is 0 Å². The summed E-state index contributed by atoms with van der Waals surface area (Å²) in [5, 5.41) is 3.28. The standard InChI is InChI=1S/C10H18N2O2/c1-8(11-9-6-14-7-9)10(13)12-4-2-3-5-12/h8-9,11H,2-7H2,1H3. The molecule has 0 saturated carbocycles. The molecule has 2 rings (SSSR count). The van der Waals surface area contributed by atoms with Crippen LogP contribution >= 0.6 is 0 Å². The van der Waals surface area contributed by atoms with Crippen molar-refractivity contribution in [2.45, 2.75) is 31.8 Å². The number of carbonyl (C=O) groups excluding carboxylic acids is 1. The van der Waals surface area contributed by atoms with E-state index in [-0.39, 0.29) is 11.9 Å². The van der Waals surface area contributed by atoms with E-state index in [1.807, 2.05) is 11.8 Å². The molecule has 1 N–H and O–H groups in total. The van der Waals surface area contributed by atoms with E-state index >= 15 is 0 Å². The molecule has 0 radical (unpaired) electrons. The lowest BCUT2D eigenvalue weighted by Crippen LogP contribution is -2.54. The fourth-order valence-electron chi connectivity index (χ4n) is 1.97. The first kappa shape index (κ1) is 9.93. The van der Waals surface area contributed by atoms with Gasteiger partial charge in [0.1, 0.15) is 0 Å². The van der Waals surface area contributed by atoms with Gasteiger partial charge < -0.3 is 9.64 Å². The molecule has 0 aromatic rings. The second-order valence-corrected chi connectivity index (χ2v) is 4.16. The number of nitrogens with one attached hydrogen (secondary N) is 1. The van der Waals surface area contributed by atoms with Crippen molar-refractivity contribution in [2.75, 3.05) is 26.3 Å². The molecule has 2 heterocycles. The summed E-state index contributed by atoms with van der Waals surface area (Å²) >= 11 is 0. The lowest BCUT2D eigenvalue weighted by atomic mass is 10.2. The first-order valence-corrected chi connectivity index (χ1v) is 5.40. The molecule has 80 valence electrons. The fraction of sp³-hybridized carbons (Fsp3) is 0.900. The first-order chi connectivity index (χ1) is 6.77. The summed E-state index contributed by atoms with van der Waals surface area (Å²) in [6.45, 7) is 5.31. The van der Waals surface area contributed by atoms with E-state index in [2.05, 4.69) is 5.32 Å². The molecular weight excluding hydrogens is 180 g/mol. The number of likely N-dealkylation sites (tertiary alicyclic amines) is 1. The number of carbonyl (C=O) groups is 1. The van der Waals surface area contributed by atoms with Crippen LogP contribution in [-0.4, -0.2) is 49.2 Å². The van der Waals surface area contributed by atoms with E-state index in [9.17, 15) is 4.79 Å². The van der Waals surface area contributed by atoms with Crippen LogP contribution in [0.2, 0.25) is 0 Å². The Hall–Kier alpha value is -0.610. The molecule has 2 fully saturated rings. The third-order valence-electron chi connectivity index (χ3n) is 2.91. The summed E-state index contributed by atoms with van der Waals surface area (Å²) in [6, 6.07) is 0.332. The molecular formula is C10H18N2O2. The van der Waals surface area contributed by atoms with Gasteiger partial charge in [-0.15, -0.1) is 0 Å². The smallest absolute Gasteiger partial charge is 0.239 e. The summed E-state index contributed by atoms with van der Waals surface area (Å²) < 4.78 is 5.05. The maximum atomic E-state index is 11.8. The number of hydrogen-bond acceptors (Lipinski definition) is 3. The number of ether oxygens (including phenoxy) is 1. The molecule has 1 atom stereocenters. The van der Waals surface area contributed by atoms with Crippen molar-refractivity contribution in [1.29, 1.82) is 0 Å². The Balaban J connectivity index is 1.77. The summed E-state index contributed by atoms with van der Waals surface area (Å²) in [6.07, 6.45) is 2.32. The fourth-order valence-corrected chi connectivity index (χ4v) is 1.97. The highest BCUT2D eigenvalue weighted by Gasteiger charge is 2.27. The van der Waals surface area contributed by atoms with E-state index < -0.39 is 0 Å². The summed E-state index contributed by atoms with van der Waals surface area (Å²) in [5.74, 6) is 0.245. The monoisotopic (exact) mass is 198 g/mol. The van der Waals surface area contributed by atoms with Gasteiger partial charge in [-0.3, -0.25) is 10.1 Å². The van der Waals surface area contributed by atoms with E-state index in [0.717, 1.165) is 39.1 Å². The minimum Gasteiger partial charge on any atom is -0.378 e. The Kier molecular flexibility index (Phi) is 3.03. The minimum absolute atomic E-state index is 0.0537. The molecule has 14 heavy (non-hydrogen) atoms. The van der Waals surface area contributed by atoms with Gasteiger partial charge in [0.25, 0.3) is 0 Å². The van der Waals surface area contributed by atoms with Gasteiger partial charge in [0.15, 0.2) is 0 Å². The van der Waals surface area contributed by atoms with Crippen molar-refractivity contribution in [3.8, 4) is 0 Å². The number of nitrogens with zero attached hydrogens (tertiary/aromatic N) is 1. The topological polar surface area (TPSA) is 41.6 Å². The van der Waals surface area contributed by atoms with E-state index in [4.69, 9.17) is 4.74 Å². The van der Waals surface area contributed by atoms with Crippen LogP contribution < -0.4 is 5.32 Å². The number of rotatable bonds is 3. The average Bonchev–Trinajstić information content (AvgIpc) is 2.62. The highest BCUT2D eigenvalue weighted by Crippen LogP contribution is 2.10. The van der Waals surface area contributed by atoms with Crippen molar-refractivity contribution in [2.24, 2.45) is 0 Å². The minimum atomic E-state index is -0.0537. The van der Waals surface area contributed by atoms with Gasteiger partial charge in [0.05, 0.1) is 25.3 Å². The van der Waals surface area contributed by atoms with Gasteiger partial charge in [-0.05, 0) is 19.8 Å². The predicted octanol–water partition coefficient (Wildman–Crippen LogP) is -0.0143. The summed E-state index contributed by atoms with van der Waals surface area (Å²) in [5.41, 5.74) is 0. The molecule has 0 aromatic heterocycles. The van der Waals surface area contributed by atoms with Crippen molar-refractivity contribution in [3.05, 3.63) is 0 Å². The van der Waals surface area contributed by atoms with Gasteiger partial charge in [-0.1, -0.05) is 0 Å². The predicted molar refractivity (Wildman–Crippen MR) is 53.0 cm³/mol. The van der Waals surface area contributed by atoms with Crippen molar-refractivity contribution in [1.82, 2.24) is 10.2 Å². The van der Waals surface area contributed by atoms with Gasteiger partial charge in [0, 0.05) is 13.1 Å². The Morgan fingerprint density at radius 1 is 1.43 bits per heavy atom. The molecule has 4 nitrogen and oxygen atoms in total. The van der Waals surface area contributed by atoms with Crippen LogP contribution in [0.3, 0.4) is 0 Å². The van der Waals surface area contributed by atoms with Crippen LogP contribution in [0.5, 0.6) is 0 Å². The van der Waals surface area contributed by atoms with Gasteiger partial charge in [-0.25, -0.2) is 0 Å². The maximum absolute atomic E-state index is 11.8. The molecule has 0 aliphatic carbocycles. The second kappa shape index (κ2) is 4.28. The molecule has 1 amide bonds. The average molecular weight is 198 g/mol. The molecule has 2 aliphatic heterocycles. The third-order valence-corrected chi connectivity index (χ3v) is 2.91. The molecule has 0 spiro atoms. The third kappa shape index (κ3) is 2.07. The van der Waals surface area contributed by atoms with Crippen molar-refractivity contribution >= 4 is 5.91 Å². The van der Waals surface area contributed by atoms with Crippen LogP contribution in [-0.2, 0) is 9.53 Å².